The smallest absolute Gasteiger partial charge is 0.0822 e. The number of unbranched alkanes of at least 4 members (excludes halogenated alkanes) is 9. The van der Waals surface area contributed by atoms with Gasteiger partial charge < -0.3 is 9.47 Å². The molecule has 0 unspecified atom stereocenters. The van der Waals surface area contributed by atoms with Crippen molar-refractivity contribution in [1.82, 2.24) is 0 Å². The summed E-state index contributed by atoms with van der Waals surface area (Å²) in [6.07, 6.45) is 15.2. The molecule has 0 fully saturated rings. The topological polar surface area (TPSA) is 38.4 Å². The van der Waals surface area contributed by atoms with E-state index in [2.05, 4.69) is 20.8 Å². The van der Waals surface area contributed by atoms with E-state index in [9.17, 15) is 5.11 Å². The number of hydrogen-bond donors (Lipinski definition) is 0. The fraction of sp³-hybridized carbons (Fsp3) is 1.00. The minimum absolute atomic E-state index is 0.0872. The maximum atomic E-state index is 10.3. The quantitative estimate of drug-likeness (QED) is 0.257. The lowest BCUT2D eigenvalue weighted by atomic mass is 10.0. The highest BCUT2D eigenvalue weighted by Crippen LogP contribution is 2.19. The van der Waals surface area contributed by atoms with Gasteiger partial charge in [-0.3, -0.25) is 0 Å². The van der Waals surface area contributed by atoms with E-state index >= 15 is 0 Å². The third kappa shape index (κ3) is 15.4. The zero-order valence-corrected chi connectivity index (χ0v) is 16.7. The molecule has 3 heteroatoms. The van der Waals surface area contributed by atoms with Gasteiger partial charge in [-0.05, 0) is 45.4 Å². The van der Waals surface area contributed by atoms with Gasteiger partial charge in [-0.1, -0.05) is 58.8 Å². The predicted octanol–water partition coefficient (Wildman–Crippen LogP) is 6.32. The Hall–Kier alpha value is -0.120. The number of ether oxygens (including phenoxy) is 2. The lowest BCUT2D eigenvalue weighted by molar-refractivity contribution is -0.0386. The van der Waals surface area contributed by atoms with E-state index in [0.29, 0.717) is 0 Å². The standard InChI is InChI=1S/C21H43O3/c1-4-21(3,5-2)24-20-16-12-8-11-15-19-23-18-14-10-7-6-9-13-17-22/h4-20H2,1-3H3. The first-order chi connectivity index (χ1) is 11.7. The maximum Gasteiger partial charge on any atom is 0.0822 e. The van der Waals surface area contributed by atoms with Crippen molar-refractivity contribution in [2.24, 2.45) is 0 Å². The van der Waals surface area contributed by atoms with Crippen LogP contribution in [0, 0.1) is 0 Å². The summed E-state index contributed by atoms with van der Waals surface area (Å²) in [6, 6.07) is 0. The van der Waals surface area contributed by atoms with Crippen molar-refractivity contribution in [1.29, 1.82) is 0 Å². The lowest BCUT2D eigenvalue weighted by Crippen LogP contribution is -2.27. The Balaban J connectivity index is 3.13. The predicted molar refractivity (Wildman–Crippen MR) is 102 cm³/mol. The van der Waals surface area contributed by atoms with E-state index in [4.69, 9.17) is 9.47 Å². The molecule has 0 atom stereocenters. The molecular formula is C21H43O3. The van der Waals surface area contributed by atoms with Crippen LogP contribution in [-0.4, -0.2) is 32.0 Å². The summed E-state index contributed by atoms with van der Waals surface area (Å²) in [6.45, 7) is 9.45. The Labute approximate surface area is 151 Å². The number of hydrogen-bond acceptors (Lipinski definition) is 2. The molecule has 0 aromatic heterocycles. The van der Waals surface area contributed by atoms with Crippen LogP contribution >= 0.6 is 0 Å². The third-order valence-corrected chi connectivity index (χ3v) is 5.06. The summed E-state index contributed by atoms with van der Waals surface area (Å²) in [5.74, 6) is 0. The first-order valence-electron chi connectivity index (χ1n) is 10.5. The first-order valence-corrected chi connectivity index (χ1v) is 10.5. The van der Waals surface area contributed by atoms with Crippen LogP contribution in [-0.2, 0) is 14.6 Å². The zero-order chi connectivity index (χ0) is 17.9. The molecule has 0 spiro atoms. The van der Waals surface area contributed by atoms with Crippen LogP contribution in [0.4, 0.5) is 0 Å². The largest absolute Gasteiger partial charge is 0.381 e. The van der Waals surface area contributed by atoms with Crippen molar-refractivity contribution in [3.8, 4) is 0 Å². The molecule has 145 valence electrons. The van der Waals surface area contributed by atoms with Gasteiger partial charge in [0.25, 0.3) is 0 Å². The van der Waals surface area contributed by atoms with E-state index in [1.165, 1.54) is 57.8 Å². The Morgan fingerprint density at radius 1 is 0.625 bits per heavy atom. The Bertz CT molecular complexity index is 239. The van der Waals surface area contributed by atoms with E-state index in [-0.39, 0.29) is 12.2 Å². The Morgan fingerprint density at radius 2 is 1.04 bits per heavy atom. The summed E-state index contributed by atoms with van der Waals surface area (Å²) in [5.41, 5.74) is 0.0872. The normalized spacial score (nSPS) is 12.0. The molecule has 0 saturated heterocycles. The molecule has 3 nitrogen and oxygen atoms in total. The fourth-order valence-electron chi connectivity index (χ4n) is 2.72. The maximum absolute atomic E-state index is 10.3. The van der Waals surface area contributed by atoms with Crippen LogP contribution < -0.4 is 0 Å². The monoisotopic (exact) mass is 343 g/mol. The molecule has 0 N–H and O–H groups in total. The molecule has 0 amide bonds. The molecular weight excluding hydrogens is 300 g/mol. The van der Waals surface area contributed by atoms with Crippen molar-refractivity contribution in [3.63, 3.8) is 0 Å². The average molecular weight is 344 g/mol. The summed E-state index contributed by atoms with van der Waals surface area (Å²) >= 11 is 0. The fourth-order valence-corrected chi connectivity index (χ4v) is 2.72. The summed E-state index contributed by atoms with van der Waals surface area (Å²) in [7, 11) is 0. The third-order valence-electron chi connectivity index (χ3n) is 5.06. The Kier molecular flexibility index (Phi) is 17.6. The van der Waals surface area contributed by atoms with E-state index in [1.807, 2.05) is 0 Å². The molecule has 0 aromatic carbocycles. The van der Waals surface area contributed by atoms with E-state index in [0.717, 1.165) is 45.5 Å². The molecule has 0 heterocycles. The van der Waals surface area contributed by atoms with Gasteiger partial charge in [0.15, 0.2) is 0 Å². The highest BCUT2D eigenvalue weighted by Gasteiger charge is 2.19. The first kappa shape index (κ1) is 23.9. The van der Waals surface area contributed by atoms with Gasteiger partial charge in [-0.2, -0.15) is 0 Å². The summed E-state index contributed by atoms with van der Waals surface area (Å²) in [5, 5.41) is 10.3. The Morgan fingerprint density at radius 3 is 1.50 bits per heavy atom. The van der Waals surface area contributed by atoms with E-state index in [1.54, 1.807) is 0 Å². The van der Waals surface area contributed by atoms with Gasteiger partial charge in [0.05, 0.1) is 12.2 Å². The molecule has 0 aliphatic heterocycles. The van der Waals surface area contributed by atoms with Crippen LogP contribution in [0.1, 0.15) is 104 Å². The van der Waals surface area contributed by atoms with Crippen LogP contribution in [0.2, 0.25) is 0 Å². The van der Waals surface area contributed by atoms with E-state index < -0.39 is 0 Å². The SMILES string of the molecule is CCC(C)(CC)OCCCCCCCOCCCCCCCC[O]. The van der Waals surface area contributed by atoms with Crippen LogP contribution in [0.25, 0.3) is 0 Å². The van der Waals surface area contributed by atoms with Gasteiger partial charge in [-0.25, -0.2) is 5.11 Å². The van der Waals surface area contributed by atoms with Crippen molar-refractivity contribution < 1.29 is 14.6 Å². The molecule has 0 saturated carbocycles. The zero-order valence-electron chi connectivity index (χ0n) is 16.7. The van der Waals surface area contributed by atoms with Gasteiger partial charge >= 0.3 is 0 Å². The summed E-state index contributed by atoms with van der Waals surface area (Å²) < 4.78 is 11.7. The number of rotatable bonds is 19. The molecule has 0 aliphatic carbocycles. The molecule has 0 rings (SSSR count). The lowest BCUT2D eigenvalue weighted by Gasteiger charge is -2.27. The van der Waals surface area contributed by atoms with Crippen LogP contribution in [0.15, 0.2) is 0 Å². The second-order valence-corrected chi connectivity index (χ2v) is 7.21. The molecule has 0 aliphatic rings. The van der Waals surface area contributed by atoms with Gasteiger partial charge in [-0.15, -0.1) is 0 Å². The molecule has 0 bridgehead atoms. The average Bonchev–Trinajstić information content (AvgIpc) is 2.61. The highest BCUT2D eigenvalue weighted by atomic mass is 16.5. The second-order valence-electron chi connectivity index (χ2n) is 7.21. The molecule has 1 radical (unpaired) electrons. The van der Waals surface area contributed by atoms with Crippen LogP contribution in [0.3, 0.4) is 0 Å². The molecule has 0 aromatic rings. The second kappa shape index (κ2) is 17.7. The van der Waals surface area contributed by atoms with Crippen molar-refractivity contribution in [2.45, 2.75) is 110 Å². The van der Waals surface area contributed by atoms with Crippen molar-refractivity contribution >= 4 is 0 Å². The minimum atomic E-state index is 0.0872. The summed E-state index contributed by atoms with van der Waals surface area (Å²) in [4.78, 5) is 0. The van der Waals surface area contributed by atoms with Crippen molar-refractivity contribution in [3.05, 3.63) is 0 Å². The molecule has 24 heavy (non-hydrogen) atoms. The van der Waals surface area contributed by atoms with Gasteiger partial charge in [0.1, 0.15) is 0 Å². The highest BCUT2D eigenvalue weighted by molar-refractivity contribution is 4.70. The minimum Gasteiger partial charge on any atom is -0.381 e. The van der Waals surface area contributed by atoms with Crippen molar-refractivity contribution in [2.75, 3.05) is 26.4 Å². The van der Waals surface area contributed by atoms with Gasteiger partial charge in [0, 0.05) is 19.8 Å². The van der Waals surface area contributed by atoms with Gasteiger partial charge in [0.2, 0.25) is 0 Å². The van der Waals surface area contributed by atoms with Crippen LogP contribution in [0.5, 0.6) is 0 Å².